The predicted molar refractivity (Wildman–Crippen MR) is 78.3 cm³/mol. The fraction of sp³-hybridized carbons (Fsp3) is 0.562. The molecular weight excluding hydrogens is 236 g/mol. The molecule has 1 saturated heterocycles. The van der Waals surface area contributed by atoms with Crippen LogP contribution in [0.15, 0.2) is 12.1 Å². The lowest BCUT2D eigenvalue weighted by atomic mass is 9.97. The largest absolute Gasteiger partial charge is 0.355 e. The fourth-order valence-corrected chi connectivity index (χ4v) is 2.94. The molecule has 1 amide bonds. The number of amides is 1. The lowest BCUT2D eigenvalue weighted by Crippen LogP contribution is -2.33. The Bertz CT molecular complexity index is 439. The van der Waals surface area contributed by atoms with Crippen LogP contribution in [0.25, 0.3) is 0 Å². The third-order valence-corrected chi connectivity index (χ3v) is 3.95. The van der Waals surface area contributed by atoms with E-state index in [0.717, 1.165) is 32.5 Å². The summed E-state index contributed by atoms with van der Waals surface area (Å²) in [6, 6.07) is 4.43. The first-order chi connectivity index (χ1) is 9.08. The summed E-state index contributed by atoms with van der Waals surface area (Å²) >= 11 is 0. The average Bonchev–Trinajstić information content (AvgIpc) is 2.85. The number of hydrogen-bond acceptors (Lipinski definition) is 2. The Morgan fingerprint density at radius 3 is 2.58 bits per heavy atom. The summed E-state index contributed by atoms with van der Waals surface area (Å²) < 4.78 is 0. The lowest BCUT2D eigenvalue weighted by molar-refractivity contribution is -0.124. The summed E-state index contributed by atoms with van der Waals surface area (Å²) in [5.41, 5.74) is 5.33. The van der Waals surface area contributed by atoms with E-state index in [1.54, 1.807) is 0 Å². The molecule has 1 fully saturated rings. The van der Waals surface area contributed by atoms with Gasteiger partial charge in [0, 0.05) is 13.1 Å². The van der Waals surface area contributed by atoms with Gasteiger partial charge in [-0.15, -0.1) is 0 Å². The summed E-state index contributed by atoms with van der Waals surface area (Å²) in [5.74, 6) is 0.368. The van der Waals surface area contributed by atoms with Crippen LogP contribution in [0.2, 0.25) is 0 Å². The number of benzene rings is 1. The molecular formula is C16H24N2O. The van der Waals surface area contributed by atoms with Crippen molar-refractivity contribution in [2.45, 2.75) is 33.6 Å². The summed E-state index contributed by atoms with van der Waals surface area (Å²) in [6.45, 7) is 8.96. The third-order valence-electron chi connectivity index (χ3n) is 3.95. The summed E-state index contributed by atoms with van der Waals surface area (Å²) in [6.07, 6.45) is 1.89. The van der Waals surface area contributed by atoms with E-state index in [1.807, 2.05) is 0 Å². The highest BCUT2D eigenvalue weighted by atomic mass is 16.1. The minimum absolute atomic E-state index is 0.167. The normalized spacial score (nSPS) is 18.6. The molecule has 0 bridgehead atoms. The second kappa shape index (κ2) is 6.20. The first kappa shape index (κ1) is 14.1. The van der Waals surface area contributed by atoms with Crippen molar-refractivity contribution in [2.24, 2.45) is 5.92 Å². The second-order valence-electron chi connectivity index (χ2n) is 5.61. The molecule has 0 spiro atoms. The zero-order valence-electron chi connectivity index (χ0n) is 12.2. The second-order valence-corrected chi connectivity index (χ2v) is 5.61. The molecule has 104 valence electrons. The van der Waals surface area contributed by atoms with Crippen molar-refractivity contribution in [1.82, 2.24) is 10.6 Å². The Balaban J connectivity index is 1.87. The molecule has 1 aromatic carbocycles. The maximum Gasteiger partial charge on any atom is 0.224 e. The Labute approximate surface area is 115 Å². The van der Waals surface area contributed by atoms with E-state index in [4.69, 9.17) is 0 Å². The number of carbonyl (C=O) groups is 1. The molecule has 19 heavy (non-hydrogen) atoms. The van der Waals surface area contributed by atoms with E-state index >= 15 is 0 Å². The number of rotatable bonds is 4. The van der Waals surface area contributed by atoms with Gasteiger partial charge in [0.25, 0.3) is 0 Å². The van der Waals surface area contributed by atoms with E-state index in [0.29, 0.717) is 0 Å². The van der Waals surface area contributed by atoms with Crippen molar-refractivity contribution in [3.05, 3.63) is 34.4 Å². The van der Waals surface area contributed by atoms with Gasteiger partial charge in [0.2, 0.25) is 5.91 Å². The monoisotopic (exact) mass is 260 g/mol. The SMILES string of the molecule is Cc1cc(C)c(CCNC(=O)C2CCNC2)c(C)c1. The zero-order chi connectivity index (χ0) is 13.8. The van der Waals surface area contributed by atoms with Gasteiger partial charge in [-0.05, 0) is 56.8 Å². The van der Waals surface area contributed by atoms with Gasteiger partial charge in [-0.2, -0.15) is 0 Å². The van der Waals surface area contributed by atoms with Gasteiger partial charge in [-0.3, -0.25) is 4.79 Å². The summed E-state index contributed by atoms with van der Waals surface area (Å²) in [7, 11) is 0. The van der Waals surface area contributed by atoms with E-state index in [9.17, 15) is 4.79 Å². The van der Waals surface area contributed by atoms with Crippen molar-refractivity contribution < 1.29 is 4.79 Å². The molecule has 3 nitrogen and oxygen atoms in total. The van der Waals surface area contributed by atoms with Gasteiger partial charge in [-0.1, -0.05) is 17.7 Å². The van der Waals surface area contributed by atoms with Crippen molar-refractivity contribution in [3.63, 3.8) is 0 Å². The zero-order valence-corrected chi connectivity index (χ0v) is 12.2. The summed E-state index contributed by atoms with van der Waals surface area (Å²) in [4.78, 5) is 11.9. The molecule has 2 N–H and O–H groups in total. The fourth-order valence-electron chi connectivity index (χ4n) is 2.94. The van der Waals surface area contributed by atoms with Gasteiger partial charge in [0.1, 0.15) is 0 Å². The molecule has 1 aromatic rings. The van der Waals surface area contributed by atoms with Crippen molar-refractivity contribution in [3.8, 4) is 0 Å². The minimum Gasteiger partial charge on any atom is -0.355 e. The van der Waals surface area contributed by atoms with Gasteiger partial charge in [0.05, 0.1) is 5.92 Å². The van der Waals surface area contributed by atoms with E-state index in [-0.39, 0.29) is 11.8 Å². The first-order valence-corrected chi connectivity index (χ1v) is 7.13. The molecule has 1 unspecified atom stereocenters. The van der Waals surface area contributed by atoms with Crippen molar-refractivity contribution in [1.29, 1.82) is 0 Å². The number of carbonyl (C=O) groups excluding carboxylic acids is 1. The maximum absolute atomic E-state index is 11.9. The third kappa shape index (κ3) is 3.57. The smallest absolute Gasteiger partial charge is 0.224 e. The van der Waals surface area contributed by atoms with E-state index in [1.165, 1.54) is 22.3 Å². The molecule has 0 saturated carbocycles. The van der Waals surface area contributed by atoms with Crippen LogP contribution in [0, 0.1) is 26.7 Å². The molecule has 1 aliphatic rings. The first-order valence-electron chi connectivity index (χ1n) is 7.13. The van der Waals surface area contributed by atoms with E-state index < -0.39 is 0 Å². The number of hydrogen-bond donors (Lipinski definition) is 2. The van der Waals surface area contributed by atoms with Gasteiger partial charge < -0.3 is 10.6 Å². The van der Waals surface area contributed by atoms with Crippen LogP contribution in [0.5, 0.6) is 0 Å². The quantitative estimate of drug-likeness (QED) is 0.868. The predicted octanol–water partition coefficient (Wildman–Crippen LogP) is 1.88. The summed E-state index contributed by atoms with van der Waals surface area (Å²) in [5, 5.41) is 6.29. The Kier molecular flexibility index (Phi) is 4.59. The Hall–Kier alpha value is -1.35. The molecule has 2 rings (SSSR count). The van der Waals surface area contributed by atoms with Crippen LogP contribution in [0.1, 0.15) is 28.7 Å². The van der Waals surface area contributed by atoms with Gasteiger partial charge in [0.15, 0.2) is 0 Å². The molecule has 1 heterocycles. The van der Waals surface area contributed by atoms with Crippen LogP contribution in [-0.2, 0) is 11.2 Å². The van der Waals surface area contributed by atoms with Crippen LogP contribution < -0.4 is 10.6 Å². The highest BCUT2D eigenvalue weighted by Crippen LogP contribution is 2.16. The standard InChI is InChI=1S/C16H24N2O/c1-11-8-12(2)15(13(3)9-11)5-7-18-16(19)14-4-6-17-10-14/h8-9,14,17H,4-7,10H2,1-3H3,(H,18,19). The Morgan fingerprint density at radius 1 is 1.32 bits per heavy atom. The minimum atomic E-state index is 0.167. The van der Waals surface area contributed by atoms with E-state index in [2.05, 4.69) is 43.5 Å². The van der Waals surface area contributed by atoms with Gasteiger partial charge >= 0.3 is 0 Å². The van der Waals surface area contributed by atoms with Crippen LogP contribution in [0.4, 0.5) is 0 Å². The van der Waals surface area contributed by atoms with Crippen LogP contribution in [-0.4, -0.2) is 25.5 Å². The Morgan fingerprint density at radius 2 is 2.00 bits per heavy atom. The molecule has 0 aromatic heterocycles. The lowest BCUT2D eigenvalue weighted by Gasteiger charge is -2.13. The topological polar surface area (TPSA) is 41.1 Å². The number of aryl methyl sites for hydroxylation is 3. The molecule has 1 aliphatic heterocycles. The highest BCUT2D eigenvalue weighted by Gasteiger charge is 2.21. The highest BCUT2D eigenvalue weighted by molar-refractivity contribution is 5.79. The molecule has 0 aliphatic carbocycles. The van der Waals surface area contributed by atoms with Gasteiger partial charge in [-0.25, -0.2) is 0 Å². The number of nitrogens with one attached hydrogen (secondary N) is 2. The average molecular weight is 260 g/mol. The van der Waals surface area contributed by atoms with Crippen molar-refractivity contribution >= 4 is 5.91 Å². The molecule has 0 radical (unpaired) electrons. The van der Waals surface area contributed by atoms with Crippen LogP contribution in [0.3, 0.4) is 0 Å². The van der Waals surface area contributed by atoms with Crippen molar-refractivity contribution in [2.75, 3.05) is 19.6 Å². The maximum atomic E-state index is 11.9. The van der Waals surface area contributed by atoms with Crippen LogP contribution >= 0.6 is 0 Å². The molecule has 3 heteroatoms. The molecule has 1 atom stereocenters.